The lowest BCUT2D eigenvalue weighted by molar-refractivity contribution is 0.369. The third-order valence-corrected chi connectivity index (χ3v) is 2.75. The van der Waals surface area contributed by atoms with Crippen LogP contribution < -0.4 is 0 Å². The van der Waals surface area contributed by atoms with Crippen LogP contribution in [0.4, 0.5) is 0 Å². The summed E-state index contributed by atoms with van der Waals surface area (Å²) in [6.07, 6.45) is 14.9. The summed E-state index contributed by atoms with van der Waals surface area (Å²) < 4.78 is 0. The highest BCUT2D eigenvalue weighted by molar-refractivity contribution is 5.07. The lowest BCUT2D eigenvalue weighted by atomic mass is 10.0. The van der Waals surface area contributed by atoms with Crippen LogP contribution in [0, 0.1) is 11.8 Å². The number of allylic oxidation sites excluding steroid dienone is 6. The largest absolute Gasteiger partial charge is 0.309 e. The van der Waals surface area contributed by atoms with Crippen molar-refractivity contribution < 1.29 is 0 Å². The summed E-state index contributed by atoms with van der Waals surface area (Å²) in [4.78, 5) is 2.24. The van der Waals surface area contributed by atoms with E-state index in [0.717, 1.165) is 6.54 Å². The van der Waals surface area contributed by atoms with Crippen LogP contribution in [0.5, 0.6) is 0 Å². The van der Waals surface area contributed by atoms with E-state index in [4.69, 9.17) is 0 Å². The predicted octanol–water partition coefficient (Wildman–Crippen LogP) is 6.75. The monoisotopic (exact) mass is 309 g/mol. The van der Waals surface area contributed by atoms with Crippen molar-refractivity contribution in [2.45, 2.75) is 54.9 Å². The van der Waals surface area contributed by atoms with Crippen molar-refractivity contribution in [2.24, 2.45) is 11.8 Å². The molecule has 132 valence electrons. The Morgan fingerprint density at radius 3 is 1.86 bits per heavy atom. The minimum Gasteiger partial charge on any atom is -0.309 e. The minimum absolute atomic E-state index is 0. The first-order chi connectivity index (χ1) is 10.0. The summed E-state index contributed by atoms with van der Waals surface area (Å²) in [6, 6.07) is 0. The standard InChI is InChI=1S/C15H27N.C3H6.C2H6.CH4/c1-6-14(3)10-8-9-11-15(7-2)12-13-16(4)5;1-3-2;1-2;/h6,8-11,14-15H,1,7,12-13H2,2-5H3;3H,1H2,2H3;1-2H3;1H4/b10-8-,11-9+;;;. The first-order valence-electron chi connectivity index (χ1n) is 8.21. The van der Waals surface area contributed by atoms with Gasteiger partial charge in [0.25, 0.3) is 0 Å². The van der Waals surface area contributed by atoms with Crippen molar-refractivity contribution in [1.82, 2.24) is 4.90 Å². The van der Waals surface area contributed by atoms with Gasteiger partial charge >= 0.3 is 0 Å². The Morgan fingerprint density at radius 2 is 1.50 bits per heavy atom. The van der Waals surface area contributed by atoms with E-state index in [1.807, 2.05) is 26.8 Å². The van der Waals surface area contributed by atoms with Crippen molar-refractivity contribution >= 4 is 0 Å². The van der Waals surface area contributed by atoms with Crippen LogP contribution >= 0.6 is 0 Å². The molecule has 1 heteroatoms. The quantitative estimate of drug-likeness (QED) is 0.354. The van der Waals surface area contributed by atoms with Gasteiger partial charge in [-0.1, -0.05) is 71.6 Å². The van der Waals surface area contributed by atoms with Crippen molar-refractivity contribution in [3.63, 3.8) is 0 Å². The van der Waals surface area contributed by atoms with Gasteiger partial charge in [-0.3, -0.25) is 0 Å². The van der Waals surface area contributed by atoms with E-state index < -0.39 is 0 Å². The second-order valence-corrected chi connectivity index (χ2v) is 5.03. The zero-order chi connectivity index (χ0) is 17.1. The maximum atomic E-state index is 3.76. The van der Waals surface area contributed by atoms with Gasteiger partial charge in [-0.25, -0.2) is 0 Å². The fraction of sp³-hybridized carbons (Fsp3) is 0.619. The summed E-state index contributed by atoms with van der Waals surface area (Å²) in [7, 11) is 4.25. The van der Waals surface area contributed by atoms with E-state index in [1.165, 1.54) is 12.8 Å². The zero-order valence-corrected chi connectivity index (χ0v) is 15.6. The van der Waals surface area contributed by atoms with E-state index in [2.05, 4.69) is 70.3 Å². The number of hydrogen-bond donors (Lipinski definition) is 0. The summed E-state index contributed by atoms with van der Waals surface area (Å²) >= 11 is 0. The van der Waals surface area contributed by atoms with Crippen LogP contribution in [0.1, 0.15) is 54.9 Å². The van der Waals surface area contributed by atoms with E-state index in [1.54, 1.807) is 6.08 Å². The fourth-order valence-corrected chi connectivity index (χ4v) is 1.40. The molecule has 0 radical (unpaired) electrons. The highest BCUT2D eigenvalue weighted by Crippen LogP contribution is 2.10. The Labute approximate surface area is 142 Å². The normalized spacial score (nSPS) is 12.5. The van der Waals surface area contributed by atoms with Crippen LogP contribution in [0.2, 0.25) is 0 Å². The zero-order valence-electron chi connectivity index (χ0n) is 15.6. The van der Waals surface area contributed by atoms with Crippen LogP contribution in [-0.2, 0) is 0 Å². The van der Waals surface area contributed by atoms with Gasteiger partial charge in [0.15, 0.2) is 0 Å². The molecule has 1 nitrogen and oxygen atoms in total. The number of rotatable bonds is 8. The topological polar surface area (TPSA) is 3.24 Å². The summed E-state index contributed by atoms with van der Waals surface area (Å²) in [5.41, 5.74) is 0. The van der Waals surface area contributed by atoms with Crippen LogP contribution in [-0.4, -0.2) is 25.5 Å². The minimum atomic E-state index is 0. The van der Waals surface area contributed by atoms with Gasteiger partial charge in [0.2, 0.25) is 0 Å². The van der Waals surface area contributed by atoms with Gasteiger partial charge in [-0.2, -0.15) is 0 Å². The third-order valence-electron chi connectivity index (χ3n) is 2.75. The molecule has 0 saturated heterocycles. The molecule has 0 saturated carbocycles. The third kappa shape index (κ3) is 27.3. The molecule has 0 N–H and O–H groups in total. The van der Waals surface area contributed by atoms with Crippen LogP contribution in [0.25, 0.3) is 0 Å². The van der Waals surface area contributed by atoms with Gasteiger partial charge in [0.1, 0.15) is 0 Å². The molecule has 0 aromatic rings. The molecule has 0 bridgehead atoms. The van der Waals surface area contributed by atoms with Gasteiger partial charge in [-0.15, -0.1) is 13.2 Å². The van der Waals surface area contributed by atoms with Gasteiger partial charge in [0.05, 0.1) is 0 Å². The molecular formula is C21H43N. The first-order valence-corrected chi connectivity index (χ1v) is 8.21. The van der Waals surface area contributed by atoms with E-state index in [9.17, 15) is 0 Å². The first kappa shape index (κ1) is 29.0. The van der Waals surface area contributed by atoms with Crippen molar-refractivity contribution in [3.05, 3.63) is 49.6 Å². The van der Waals surface area contributed by atoms with Crippen LogP contribution in [0.15, 0.2) is 49.6 Å². The molecule has 2 unspecified atom stereocenters. The molecule has 0 spiro atoms. The summed E-state index contributed by atoms with van der Waals surface area (Å²) in [6.45, 7) is 18.6. The summed E-state index contributed by atoms with van der Waals surface area (Å²) in [5, 5.41) is 0. The fourth-order valence-electron chi connectivity index (χ4n) is 1.40. The predicted molar refractivity (Wildman–Crippen MR) is 109 cm³/mol. The molecule has 0 amide bonds. The lowest BCUT2D eigenvalue weighted by Crippen LogP contribution is -2.15. The Kier molecular flexibility index (Phi) is 32.8. The van der Waals surface area contributed by atoms with E-state index >= 15 is 0 Å². The highest BCUT2D eigenvalue weighted by atomic mass is 15.0. The molecule has 0 rings (SSSR count). The van der Waals surface area contributed by atoms with Crippen molar-refractivity contribution in [3.8, 4) is 0 Å². The molecule has 22 heavy (non-hydrogen) atoms. The van der Waals surface area contributed by atoms with E-state index in [-0.39, 0.29) is 7.43 Å². The molecule has 0 heterocycles. The summed E-state index contributed by atoms with van der Waals surface area (Å²) in [5.74, 6) is 1.16. The van der Waals surface area contributed by atoms with Crippen molar-refractivity contribution in [2.75, 3.05) is 20.6 Å². The molecule has 0 aliphatic heterocycles. The molecule has 0 aromatic carbocycles. The van der Waals surface area contributed by atoms with Crippen LogP contribution in [0.3, 0.4) is 0 Å². The average molecular weight is 310 g/mol. The molecule has 0 aromatic heterocycles. The lowest BCUT2D eigenvalue weighted by Gasteiger charge is -2.13. The second-order valence-electron chi connectivity index (χ2n) is 5.03. The second kappa shape index (κ2) is 24.9. The molecular weight excluding hydrogens is 266 g/mol. The molecule has 0 aliphatic carbocycles. The Morgan fingerprint density at radius 1 is 1.05 bits per heavy atom. The highest BCUT2D eigenvalue weighted by Gasteiger charge is 2.01. The number of hydrogen-bond acceptors (Lipinski definition) is 1. The maximum absolute atomic E-state index is 3.76. The van der Waals surface area contributed by atoms with E-state index in [0.29, 0.717) is 11.8 Å². The van der Waals surface area contributed by atoms with Crippen molar-refractivity contribution in [1.29, 1.82) is 0 Å². The number of nitrogens with zero attached hydrogens (tertiary/aromatic N) is 1. The Bertz CT molecular complexity index is 261. The molecule has 0 aliphatic rings. The van der Waals surface area contributed by atoms with Gasteiger partial charge < -0.3 is 4.90 Å². The smallest absolute Gasteiger partial charge is 0.00192 e. The van der Waals surface area contributed by atoms with Gasteiger partial charge in [-0.05, 0) is 52.2 Å². The Hall–Kier alpha value is -1.08. The average Bonchev–Trinajstić information content (AvgIpc) is 2.48. The molecule has 0 fully saturated rings. The molecule has 2 atom stereocenters. The maximum Gasteiger partial charge on any atom is -0.00192 e. The van der Waals surface area contributed by atoms with Gasteiger partial charge in [0, 0.05) is 0 Å². The Balaban J connectivity index is -0.000000239. The SMILES string of the molecule is C.C=CC.C=CC(C)/C=C\C=C\C(CC)CCN(C)C.CC.